The normalized spacial score (nSPS) is 14.5. The zero-order chi connectivity index (χ0) is 24.9. The number of methoxy groups -OCH3 is 1. The summed E-state index contributed by atoms with van der Waals surface area (Å²) in [5, 5.41) is -0.0462. The predicted octanol–water partition coefficient (Wildman–Crippen LogP) is 5.99. The number of nitrogens with zero attached hydrogens (tertiary/aromatic N) is 1. The van der Waals surface area contributed by atoms with Gasteiger partial charge in [-0.1, -0.05) is 35.9 Å². The first-order chi connectivity index (χ1) is 16.9. The molecule has 2 amide bonds. The molecular weight excluding hydrogens is 493 g/mol. The number of ketones is 1. The van der Waals surface area contributed by atoms with E-state index in [0.29, 0.717) is 33.2 Å². The number of carbonyl (C=O) groups is 3. The van der Waals surface area contributed by atoms with Crippen LogP contribution in [0.5, 0.6) is 11.5 Å². The molecule has 3 aromatic rings. The van der Waals surface area contributed by atoms with Gasteiger partial charge in [-0.15, -0.1) is 0 Å². The minimum Gasteiger partial charge on any atom is -0.493 e. The number of amides is 2. The summed E-state index contributed by atoms with van der Waals surface area (Å²) in [6, 6.07) is 17.5. The van der Waals surface area contributed by atoms with Crippen molar-refractivity contribution in [1.29, 1.82) is 0 Å². The first-order valence-corrected chi connectivity index (χ1v) is 11.6. The highest BCUT2D eigenvalue weighted by Gasteiger charge is 2.36. The van der Waals surface area contributed by atoms with Crippen LogP contribution in [0.4, 0.5) is 9.18 Å². The standard InChI is InChI=1S/C26H19ClFNO5S/c1-33-23-12-16(6-11-22(23)34-15-18-4-2-3-5-20(18)28)13-24-25(31)29(26(32)35-24)14-21(30)17-7-9-19(27)10-8-17/h2-13H,14-15H2,1H3/b24-13+. The number of hydrogen-bond acceptors (Lipinski definition) is 6. The maximum Gasteiger partial charge on any atom is 0.293 e. The second kappa shape index (κ2) is 10.8. The van der Waals surface area contributed by atoms with Gasteiger partial charge in [-0.3, -0.25) is 19.3 Å². The van der Waals surface area contributed by atoms with Gasteiger partial charge in [-0.2, -0.15) is 0 Å². The Morgan fingerprint density at radius 1 is 1.06 bits per heavy atom. The Bertz CT molecular complexity index is 1330. The Morgan fingerprint density at radius 3 is 2.51 bits per heavy atom. The third-order valence-electron chi connectivity index (χ3n) is 5.17. The Kier molecular flexibility index (Phi) is 7.53. The Hall–Kier alpha value is -3.62. The monoisotopic (exact) mass is 511 g/mol. The van der Waals surface area contributed by atoms with Crippen molar-refractivity contribution < 1.29 is 28.2 Å². The third kappa shape index (κ3) is 5.72. The number of Topliss-reactive ketones (excluding diaryl/α,β-unsaturated/α-hetero) is 1. The van der Waals surface area contributed by atoms with Gasteiger partial charge in [-0.05, 0) is 65.9 Å². The highest BCUT2D eigenvalue weighted by atomic mass is 35.5. The van der Waals surface area contributed by atoms with E-state index in [9.17, 15) is 18.8 Å². The summed E-state index contributed by atoms with van der Waals surface area (Å²) < 4.78 is 24.9. The summed E-state index contributed by atoms with van der Waals surface area (Å²) in [5.74, 6) is -0.514. The molecule has 0 bridgehead atoms. The number of imide groups is 1. The van der Waals surface area contributed by atoms with E-state index in [1.54, 1.807) is 66.7 Å². The molecule has 1 heterocycles. The topological polar surface area (TPSA) is 72.9 Å². The summed E-state index contributed by atoms with van der Waals surface area (Å²) in [5.41, 5.74) is 1.35. The molecule has 1 aliphatic heterocycles. The molecule has 1 fully saturated rings. The van der Waals surface area contributed by atoms with Crippen molar-refractivity contribution in [2.75, 3.05) is 13.7 Å². The number of halogens is 2. The van der Waals surface area contributed by atoms with Crippen molar-refractivity contribution in [1.82, 2.24) is 4.90 Å². The van der Waals surface area contributed by atoms with Crippen LogP contribution in [-0.4, -0.2) is 35.5 Å². The largest absolute Gasteiger partial charge is 0.493 e. The van der Waals surface area contributed by atoms with E-state index >= 15 is 0 Å². The molecule has 0 saturated carbocycles. The van der Waals surface area contributed by atoms with Gasteiger partial charge in [0.2, 0.25) is 0 Å². The summed E-state index contributed by atoms with van der Waals surface area (Å²) >= 11 is 6.59. The fourth-order valence-corrected chi connectivity index (χ4v) is 4.29. The van der Waals surface area contributed by atoms with Crippen LogP contribution in [0.2, 0.25) is 5.02 Å². The van der Waals surface area contributed by atoms with E-state index in [0.717, 1.165) is 16.7 Å². The van der Waals surface area contributed by atoms with E-state index in [4.69, 9.17) is 21.1 Å². The van der Waals surface area contributed by atoms with Crippen LogP contribution in [-0.2, 0) is 11.4 Å². The van der Waals surface area contributed by atoms with Crippen molar-refractivity contribution in [3.8, 4) is 11.5 Å². The maximum atomic E-state index is 13.8. The summed E-state index contributed by atoms with van der Waals surface area (Å²) in [6.07, 6.45) is 1.54. The molecule has 0 spiro atoms. The molecule has 6 nitrogen and oxygen atoms in total. The molecule has 0 N–H and O–H groups in total. The molecule has 1 saturated heterocycles. The molecule has 0 aliphatic carbocycles. The predicted molar refractivity (Wildman–Crippen MR) is 132 cm³/mol. The second-order valence-corrected chi connectivity index (χ2v) is 8.92. The second-order valence-electron chi connectivity index (χ2n) is 7.49. The highest BCUT2D eigenvalue weighted by molar-refractivity contribution is 8.18. The van der Waals surface area contributed by atoms with Gasteiger partial charge in [0.15, 0.2) is 17.3 Å². The highest BCUT2D eigenvalue weighted by Crippen LogP contribution is 2.35. The van der Waals surface area contributed by atoms with Crippen LogP contribution in [0.3, 0.4) is 0 Å². The molecular formula is C26H19ClFNO5S. The van der Waals surface area contributed by atoms with Crippen LogP contribution >= 0.6 is 23.4 Å². The smallest absolute Gasteiger partial charge is 0.293 e. The van der Waals surface area contributed by atoms with E-state index in [1.165, 1.54) is 13.2 Å². The zero-order valence-electron chi connectivity index (χ0n) is 18.5. The molecule has 0 aromatic heterocycles. The minimum atomic E-state index is -0.554. The van der Waals surface area contributed by atoms with E-state index < -0.39 is 11.1 Å². The van der Waals surface area contributed by atoms with Crippen molar-refractivity contribution in [2.24, 2.45) is 0 Å². The number of ether oxygens (including phenoxy) is 2. The van der Waals surface area contributed by atoms with E-state index in [-0.39, 0.29) is 29.7 Å². The van der Waals surface area contributed by atoms with Crippen LogP contribution in [0.1, 0.15) is 21.5 Å². The van der Waals surface area contributed by atoms with Gasteiger partial charge in [-0.25, -0.2) is 4.39 Å². The first-order valence-electron chi connectivity index (χ1n) is 10.4. The quantitative estimate of drug-likeness (QED) is 0.273. The van der Waals surface area contributed by atoms with Crippen molar-refractivity contribution in [3.05, 3.63) is 99.2 Å². The average Bonchev–Trinajstić information content (AvgIpc) is 3.11. The zero-order valence-corrected chi connectivity index (χ0v) is 20.1. The lowest BCUT2D eigenvalue weighted by Crippen LogP contribution is -2.33. The lowest BCUT2D eigenvalue weighted by molar-refractivity contribution is -0.122. The third-order valence-corrected chi connectivity index (χ3v) is 6.33. The Morgan fingerprint density at radius 2 is 1.80 bits per heavy atom. The van der Waals surface area contributed by atoms with E-state index in [2.05, 4.69) is 0 Å². The number of carbonyl (C=O) groups excluding carboxylic acids is 3. The van der Waals surface area contributed by atoms with Gasteiger partial charge in [0.1, 0.15) is 12.4 Å². The first kappa shape index (κ1) is 24.5. The number of rotatable bonds is 8. The Labute approximate surface area is 210 Å². The van der Waals surface area contributed by atoms with Crippen molar-refractivity contribution >= 4 is 46.4 Å². The minimum absolute atomic E-state index is 0.0168. The van der Waals surface area contributed by atoms with Crippen LogP contribution in [0.25, 0.3) is 6.08 Å². The molecule has 0 unspecified atom stereocenters. The molecule has 0 atom stereocenters. The molecule has 4 rings (SSSR count). The lowest BCUT2D eigenvalue weighted by atomic mass is 10.1. The molecule has 3 aromatic carbocycles. The summed E-state index contributed by atoms with van der Waals surface area (Å²) in [6.45, 7) is -0.349. The van der Waals surface area contributed by atoms with Gasteiger partial charge in [0, 0.05) is 16.1 Å². The van der Waals surface area contributed by atoms with Crippen molar-refractivity contribution in [3.63, 3.8) is 0 Å². The van der Waals surface area contributed by atoms with Gasteiger partial charge in [0.05, 0.1) is 18.6 Å². The molecule has 0 radical (unpaired) electrons. The molecule has 178 valence electrons. The van der Waals surface area contributed by atoms with Gasteiger partial charge < -0.3 is 9.47 Å². The molecule has 1 aliphatic rings. The van der Waals surface area contributed by atoms with Crippen LogP contribution in [0.15, 0.2) is 71.6 Å². The SMILES string of the molecule is COc1cc(/C=C2/SC(=O)N(CC(=O)c3ccc(Cl)cc3)C2=O)ccc1OCc1ccccc1F. The summed E-state index contributed by atoms with van der Waals surface area (Å²) in [4.78, 5) is 38.8. The fourth-order valence-electron chi connectivity index (χ4n) is 3.32. The summed E-state index contributed by atoms with van der Waals surface area (Å²) in [7, 11) is 1.46. The Balaban J connectivity index is 1.47. The number of benzene rings is 3. The average molecular weight is 512 g/mol. The number of hydrogen-bond donors (Lipinski definition) is 0. The van der Waals surface area contributed by atoms with Gasteiger partial charge >= 0.3 is 0 Å². The maximum absolute atomic E-state index is 13.8. The van der Waals surface area contributed by atoms with Crippen molar-refractivity contribution in [2.45, 2.75) is 6.61 Å². The molecule has 9 heteroatoms. The number of thioether (sulfide) groups is 1. The van der Waals surface area contributed by atoms with Gasteiger partial charge in [0.25, 0.3) is 11.1 Å². The van der Waals surface area contributed by atoms with Crippen LogP contribution < -0.4 is 9.47 Å². The molecule has 35 heavy (non-hydrogen) atoms. The van der Waals surface area contributed by atoms with Crippen LogP contribution in [0, 0.1) is 5.82 Å². The van der Waals surface area contributed by atoms with E-state index in [1.807, 2.05) is 0 Å². The fraction of sp³-hybridized carbons (Fsp3) is 0.115. The lowest BCUT2D eigenvalue weighted by Gasteiger charge is -2.12.